The number of benzene rings is 9. The first-order valence-corrected chi connectivity index (χ1v) is 20.8. The van der Waals surface area contributed by atoms with E-state index in [2.05, 4.69) is 211 Å². The molecule has 0 N–H and O–H groups in total. The van der Waals surface area contributed by atoms with Gasteiger partial charge in [0.05, 0.1) is 11.0 Å². The van der Waals surface area contributed by atoms with E-state index >= 15 is 0 Å². The molecule has 0 saturated carbocycles. The molecule has 0 aliphatic carbocycles. The normalized spacial score (nSPS) is 11.5. The highest BCUT2D eigenvalue weighted by Crippen LogP contribution is 2.42. The number of hydrogen-bond acceptors (Lipinski definition) is 4. The van der Waals surface area contributed by atoms with Crippen LogP contribution >= 0.6 is 0 Å². The Balaban J connectivity index is 0.960. The van der Waals surface area contributed by atoms with Crippen LogP contribution in [0.4, 0.5) is 0 Å². The zero-order valence-corrected chi connectivity index (χ0v) is 33.5. The predicted molar refractivity (Wildman–Crippen MR) is 254 cm³/mol. The zero-order valence-electron chi connectivity index (χ0n) is 33.5. The lowest BCUT2D eigenvalue weighted by atomic mass is 9.98. The number of hydrogen-bond donors (Lipinski definition) is 0. The molecule has 0 saturated heterocycles. The van der Waals surface area contributed by atoms with Crippen molar-refractivity contribution in [2.75, 3.05) is 0 Å². The monoisotopic (exact) mass is 792 g/mol. The Morgan fingerprint density at radius 2 is 0.774 bits per heavy atom. The second-order valence-electron chi connectivity index (χ2n) is 15.6. The van der Waals surface area contributed by atoms with Crippen molar-refractivity contribution in [3.63, 3.8) is 0 Å². The van der Waals surface area contributed by atoms with Gasteiger partial charge in [-0.3, -0.25) is 0 Å². The average molecular weight is 793 g/mol. The minimum atomic E-state index is 0.610. The summed E-state index contributed by atoms with van der Waals surface area (Å²) in [6.45, 7) is 0. The smallest absolute Gasteiger partial charge is 0.164 e. The van der Waals surface area contributed by atoms with Gasteiger partial charge in [0.2, 0.25) is 0 Å². The number of nitrogens with zero attached hydrogens (tertiary/aromatic N) is 4. The van der Waals surface area contributed by atoms with Crippen molar-refractivity contribution < 1.29 is 4.42 Å². The third-order valence-corrected chi connectivity index (χ3v) is 11.9. The molecule has 3 heterocycles. The predicted octanol–water partition coefficient (Wildman–Crippen LogP) is 14.9. The molecule has 12 rings (SSSR count). The van der Waals surface area contributed by atoms with E-state index in [1.807, 2.05) is 12.1 Å². The molecule has 290 valence electrons. The van der Waals surface area contributed by atoms with Crippen LogP contribution in [0.3, 0.4) is 0 Å². The Kier molecular flexibility index (Phi) is 8.42. The molecule has 3 aromatic heterocycles. The molecule has 0 aliphatic heterocycles. The Morgan fingerprint density at radius 1 is 0.306 bits per heavy atom. The summed E-state index contributed by atoms with van der Waals surface area (Å²) in [5.74, 6) is 1.85. The largest absolute Gasteiger partial charge is 0.456 e. The Morgan fingerprint density at radius 3 is 1.34 bits per heavy atom. The van der Waals surface area contributed by atoms with E-state index in [0.29, 0.717) is 17.5 Å². The molecule has 0 unspecified atom stereocenters. The lowest BCUT2D eigenvalue weighted by Crippen LogP contribution is -2.00. The van der Waals surface area contributed by atoms with Crippen LogP contribution < -0.4 is 0 Å². The summed E-state index contributed by atoms with van der Waals surface area (Å²) < 4.78 is 8.97. The number of fused-ring (bicyclic) bond motifs is 6. The molecule has 5 heteroatoms. The van der Waals surface area contributed by atoms with Gasteiger partial charge in [-0.25, -0.2) is 15.0 Å². The molecule has 0 spiro atoms. The highest BCUT2D eigenvalue weighted by atomic mass is 16.3. The molecule has 62 heavy (non-hydrogen) atoms. The first-order valence-electron chi connectivity index (χ1n) is 20.8. The first kappa shape index (κ1) is 35.5. The lowest BCUT2D eigenvalue weighted by Gasteiger charge is -2.11. The van der Waals surface area contributed by atoms with Crippen LogP contribution in [0.25, 0.3) is 117 Å². The highest BCUT2D eigenvalue weighted by Gasteiger charge is 2.19. The molecule has 0 aliphatic rings. The van der Waals surface area contributed by atoms with Crippen molar-refractivity contribution in [3.8, 4) is 73.2 Å². The fourth-order valence-electron chi connectivity index (χ4n) is 8.83. The van der Waals surface area contributed by atoms with Gasteiger partial charge < -0.3 is 8.98 Å². The van der Waals surface area contributed by atoms with E-state index in [1.165, 1.54) is 10.9 Å². The standard InChI is InChI=1S/C57H36N4O/c1-4-13-37(14-5-1)39-23-29-42(30-24-39)55-58-56(43-31-25-40(26-32-43)38-15-6-2-7-16-38)60-57(59-55)44-33-27-41(28-34-44)46-20-12-22-52-54(46)49-35-51-48(36-53(49)62-52)47-19-10-11-21-50(47)61(51)45-17-8-3-9-18-45/h1-36H. The van der Waals surface area contributed by atoms with Crippen LogP contribution in [0.2, 0.25) is 0 Å². The van der Waals surface area contributed by atoms with Gasteiger partial charge in [0, 0.05) is 43.9 Å². The molecule has 0 amide bonds. The molecule has 12 aromatic rings. The third kappa shape index (κ3) is 6.14. The number of aromatic nitrogens is 4. The Hall–Kier alpha value is -8.41. The van der Waals surface area contributed by atoms with Crippen molar-refractivity contribution in [1.29, 1.82) is 0 Å². The summed E-state index contributed by atoms with van der Waals surface area (Å²) in [7, 11) is 0. The van der Waals surface area contributed by atoms with Gasteiger partial charge in [0.1, 0.15) is 11.2 Å². The van der Waals surface area contributed by atoms with Gasteiger partial charge >= 0.3 is 0 Å². The lowest BCUT2D eigenvalue weighted by molar-refractivity contribution is 0.669. The van der Waals surface area contributed by atoms with Crippen LogP contribution in [0.1, 0.15) is 0 Å². The summed E-state index contributed by atoms with van der Waals surface area (Å²) >= 11 is 0. The second-order valence-corrected chi connectivity index (χ2v) is 15.6. The minimum Gasteiger partial charge on any atom is -0.456 e. The van der Waals surface area contributed by atoms with Gasteiger partial charge in [-0.2, -0.15) is 0 Å². The molecular formula is C57H36N4O. The summed E-state index contributed by atoms with van der Waals surface area (Å²) in [4.78, 5) is 15.2. The van der Waals surface area contributed by atoms with E-state index in [9.17, 15) is 0 Å². The van der Waals surface area contributed by atoms with E-state index < -0.39 is 0 Å². The number of rotatable bonds is 7. The van der Waals surface area contributed by atoms with Gasteiger partial charge in [0.15, 0.2) is 17.5 Å². The Labute approximate surface area is 357 Å². The molecule has 0 radical (unpaired) electrons. The van der Waals surface area contributed by atoms with Crippen LogP contribution in [0.5, 0.6) is 0 Å². The summed E-state index contributed by atoms with van der Waals surface area (Å²) in [5, 5.41) is 4.53. The fraction of sp³-hybridized carbons (Fsp3) is 0. The van der Waals surface area contributed by atoms with Crippen LogP contribution in [-0.4, -0.2) is 19.5 Å². The topological polar surface area (TPSA) is 56.7 Å². The van der Waals surface area contributed by atoms with E-state index in [-0.39, 0.29) is 0 Å². The van der Waals surface area contributed by atoms with E-state index in [0.717, 1.165) is 88.6 Å². The zero-order chi connectivity index (χ0) is 41.0. The molecule has 0 bridgehead atoms. The molecule has 5 nitrogen and oxygen atoms in total. The SMILES string of the molecule is c1ccc(-c2ccc(-c3nc(-c4ccc(-c5ccccc5)cc4)nc(-c4ccc(-c5cccc6oc7cc8c9ccccc9n(-c9ccccc9)c8cc7c56)cc4)n3)cc2)cc1. The van der Waals surface area contributed by atoms with Crippen molar-refractivity contribution in [1.82, 2.24) is 19.5 Å². The maximum atomic E-state index is 6.62. The van der Waals surface area contributed by atoms with E-state index in [4.69, 9.17) is 19.4 Å². The molecule has 0 atom stereocenters. The van der Waals surface area contributed by atoms with Crippen molar-refractivity contribution in [3.05, 3.63) is 218 Å². The summed E-state index contributed by atoms with van der Waals surface area (Å²) in [6, 6.07) is 76.2. The average Bonchev–Trinajstić information content (AvgIpc) is 3.89. The van der Waals surface area contributed by atoms with Gasteiger partial charge in [-0.15, -0.1) is 0 Å². The van der Waals surface area contributed by atoms with Crippen molar-refractivity contribution in [2.24, 2.45) is 0 Å². The maximum Gasteiger partial charge on any atom is 0.164 e. The second kappa shape index (κ2) is 14.7. The van der Waals surface area contributed by atoms with Crippen molar-refractivity contribution in [2.45, 2.75) is 0 Å². The summed E-state index contributed by atoms with van der Waals surface area (Å²) in [5.41, 5.74) is 14.7. The van der Waals surface area contributed by atoms with Crippen LogP contribution in [-0.2, 0) is 0 Å². The van der Waals surface area contributed by atoms with Crippen LogP contribution in [0.15, 0.2) is 223 Å². The van der Waals surface area contributed by atoms with Gasteiger partial charge in [-0.1, -0.05) is 182 Å². The number of para-hydroxylation sites is 2. The minimum absolute atomic E-state index is 0.610. The highest BCUT2D eigenvalue weighted by molar-refractivity contribution is 6.19. The van der Waals surface area contributed by atoms with Gasteiger partial charge in [0.25, 0.3) is 0 Å². The third-order valence-electron chi connectivity index (χ3n) is 11.9. The molecular weight excluding hydrogens is 757 g/mol. The molecule has 0 fully saturated rings. The van der Waals surface area contributed by atoms with Crippen molar-refractivity contribution >= 4 is 43.7 Å². The first-order chi connectivity index (χ1) is 30.7. The van der Waals surface area contributed by atoms with Crippen LogP contribution in [0, 0.1) is 0 Å². The van der Waals surface area contributed by atoms with Gasteiger partial charge in [-0.05, 0) is 69.8 Å². The van der Waals surface area contributed by atoms with E-state index in [1.54, 1.807) is 0 Å². The summed E-state index contributed by atoms with van der Waals surface area (Å²) in [6.07, 6.45) is 0. The quantitative estimate of drug-likeness (QED) is 0.161. The molecule has 9 aromatic carbocycles. The fourth-order valence-corrected chi connectivity index (χ4v) is 8.83. The number of furan rings is 1. The maximum absolute atomic E-state index is 6.62. The Bertz CT molecular complexity index is 3480.